The Morgan fingerprint density at radius 3 is 2.26 bits per heavy atom. The zero-order valence-electron chi connectivity index (χ0n) is 18.4. The van der Waals surface area contributed by atoms with E-state index in [1.54, 1.807) is 31.2 Å². The molecule has 4 rings (SSSR count). The van der Waals surface area contributed by atoms with Crippen LogP contribution in [0, 0.1) is 0 Å². The van der Waals surface area contributed by atoms with Crippen LogP contribution in [0.25, 0.3) is 0 Å². The number of anilines is 2. The number of sulfonamides is 1. The highest BCUT2D eigenvalue weighted by molar-refractivity contribution is 7.92. The lowest BCUT2D eigenvalue weighted by atomic mass is 9.92. The number of ketones is 2. The SMILES string of the molecule is CCOC(=O)c1ccc(NS(=O)(=O)c2ccc(NC3=CC(=O)c4ccccc4C3=O)cc2)cc1O. The molecule has 0 saturated heterocycles. The quantitative estimate of drug-likeness (QED) is 0.424. The maximum atomic E-state index is 12.8. The van der Waals surface area contributed by atoms with E-state index in [1.807, 2.05) is 0 Å². The van der Waals surface area contributed by atoms with Gasteiger partial charge < -0.3 is 15.2 Å². The van der Waals surface area contributed by atoms with Crippen molar-refractivity contribution in [3.05, 3.63) is 95.2 Å². The minimum absolute atomic E-state index is 0.0490. The standard InChI is InChI=1S/C25H20N2O7S/c1-2-34-25(31)20-12-9-16(13-22(20)28)27-35(32,33)17-10-7-15(8-11-17)26-21-14-23(29)18-5-3-4-6-19(18)24(21)30/h3-14,26-28H,2H2,1H3. The first-order valence-electron chi connectivity index (χ1n) is 10.5. The third kappa shape index (κ3) is 4.92. The van der Waals surface area contributed by atoms with Gasteiger partial charge in [0, 0.05) is 29.0 Å². The second-order valence-corrected chi connectivity index (χ2v) is 9.19. The molecule has 35 heavy (non-hydrogen) atoms. The summed E-state index contributed by atoms with van der Waals surface area (Å²) in [6.45, 7) is 1.76. The minimum atomic E-state index is -4.02. The Hall–Kier alpha value is -4.44. The number of ether oxygens (including phenoxy) is 1. The predicted molar refractivity (Wildman–Crippen MR) is 128 cm³/mol. The van der Waals surface area contributed by atoms with Gasteiger partial charge in [-0.25, -0.2) is 13.2 Å². The van der Waals surface area contributed by atoms with Gasteiger partial charge in [0.15, 0.2) is 5.78 Å². The van der Waals surface area contributed by atoms with Gasteiger partial charge in [-0.15, -0.1) is 0 Å². The molecule has 0 saturated carbocycles. The monoisotopic (exact) mass is 492 g/mol. The lowest BCUT2D eigenvalue weighted by Crippen LogP contribution is -2.21. The summed E-state index contributed by atoms with van der Waals surface area (Å²) in [4.78, 5) is 36.7. The topological polar surface area (TPSA) is 139 Å². The van der Waals surface area contributed by atoms with Gasteiger partial charge >= 0.3 is 5.97 Å². The lowest BCUT2D eigenvalue weighted by Gasteiger charge is -2.16. The molecule has 0 bridgehead atoms. The summed E-state index contributed by atoms with van der Waals surface area (Å²) in [6.07, 6.45) is 1.21. The molecule has 0 fully saturated rings. The van der Waals surface area contributed by atoms with Crippen LogP contribution in [0.4, 0.5) is 11.4 Å². The molecule has 3 aromatic carbocycles. The van der Waals surface area contributed by atoms with E-state index in [0.717, 1.165) is 6.07 Å². The minimum Gasteiger partial charge on any atom is -0.507 e. The Balaban J connectivity index is 1.49. The molecule has 3 N–H and O–H groups in total. The van der Waals surface area contributed by atoms with Crippen molar-refractivity contribution in [1.29, 1.82) is 0 Å². The Morgan fingerprint density at radius 1 is 0.943 bits per heavy atom. The zero-order chi connectivity index (χ0) is 25.2. The maximum Gasteiger partial charge on any atom is 0.341 e. The van der Waals surface area contributed by atoms with Crippen molar-refractivity contribution < 1.29 is 32.6 Å². The van der Waals surface area contributed by atoms with Crippen LogP contribution in [0.15, 0.2) is 83.4 Å². The number of nitrogens with one attached hydrogen (secondary N) is 2. The van der Waals surface area contributed by atoms with Crippen LogP contribution in [0.1, 0.15) is 38.0 Å². The van der Waals surface area contributed by atoms with Gasteiger partial charge in [-0.3, -0.25) is 14.3 Å². The van der Waals surface area contributed by atoms with Crippen LogP contribution >= 0.6 is 0 Å². The number of phenolic OH excluding ortho intramolecular Hbond substituents is 1. The van der Waals surface area contributed by atoms with Crippen molar-refractivity contribution in [2.75, 3.05) is 16.6 Å². The molecule has 10 heteroatoms. The van der Waals surface area contributed by atoms with Crippen molar-refractivity contribution in [3.63, 3.8) is 0 Å². The van der Waals surface area contributed by atoms with Crippen LogP contribution in [0.2, 0.25) is 0 Å². The van der Waals surface area contributed by atoms with E-state index in [9.17, 15) is 27.9 Å². The van der Waals surface area contributed by atoms with E-state index in [1.165, 1.54) is 42.5 Å². The Kier molecular flexibility index (Phi) is 6.39. The molecule has 0 heterocycles. The molecule has 1 aliphatic rings. The highest BCUT2D eigenvalue weighted by Crippen LogP contribution is 2.26. The van der Waals surface area contributed by atoms with E-state index < -0.39 is 21.7 Å². The number of Topliss-reactive ketones (excluding diaryl/α,β-unsaturated/α-hetero) is 1. The normalized spacial score (nSPS) is 13.0. The summed E-state index contributed by atoms with van der Waals surface area (Å²) < 4.78 is 32.7. The van der Waals surface area contributed by atoms with Crippen molar-refractivity contribution in [2.45, 2.75) is 11.8 Å². The van der Waals surface area contributed by atoms with E-state index in [4.69, 9.17) is 4.74 Å². The number of rotatable bonds is 7. The average molecular weight is 493 g/mol. The molecule has 0 aromatic heterocycles. The van der Waals surface area contributed by atoms with Crippen LogP contribution in [-0.2, 0) is 14.8 Å². The summed E-state index contributed by atoms with van der Waals surface area (Å²) in [5.74, 6) is -1.79. The first kappa shape index (κ1) is 23.7. The van der Waals surface area contributed by atoms with Gasteiger partial charge in [0.2, 0.25) is 5.78 Å². The third-order valence-corrected chi connectivity index (χ3v) is 6.54. The number of hydrogen-bond donors (Lipinski definition) is 3. The summed E-state index contributed by atoms with van der Waals surface area (Å²) in [5, 5.41) is 12.9. The van der Waals surface area contributed by atoms with Crippen LogP contribution in [0.5, 0.6) is 5.75 Å². The fourth-order valence-corrected chi connectivity index (χ4v) is 4.52. The number of carbonyl (C=O) groups is 3. The second-order valence-electron chi connectivity index (χ2n) is 7.50. The first-order valence-corrected chi connectivity index (χ1v) is 12.0. The van der Waals surface area contributed by atoms with Gasteiger partial charge in [-0.2, -0.15) is 0 Å². The first-order chi connectivity index (χ1) is 16.7. The van der Waals surface area contributed by atoms with Gasteiger partial charge in [0.05, 0.1) is 22.9 Å². The molecule has 1 aliphatic carbocycles. The summed E-state index contributed by atoms with van der Waals surface area (Å²) in [6, 6.07) is 15.7. The van der Waals surface area contributed by atoms with E-state index in [-0.39, 0.29) is 40.0 Å². The number of allylic oxidation sites excluding steroid dienone is 2. The second kappa shape index (κ2) is 9.43. The fourth-order valence-electron chi connectivity index (χ4n) is 3.47. The van der Waals surface area contributed by atoms with Gasteiger partial charge in [0.25, 0.3) is 10.0 Å². The van der Waals surface area contributed by atoms with Crippen LogP contribution in [0.3, 0.4) is 0 Å². The summed E-state index contributed by atoms with van der Waals surface area (Å²) >= 11 is 0. The van der Waals surface area contributed by atoms with E-state index >= 15 is 0 Å². The number of fused-ring (bicyclic) bond motifs is 1. The highest BCUT2D eigenvalue weighted by atomic mass is 32.2. The molecule has 178 valence electrons. The molecular formula is C25H20N2O7S. The van der Waals surface area contributed by atoms with Gasteiger partial charge in [-0.05, 0) is 43.3 Å². The lowest BCUT2D eigenvalue weighted by molar-refractivity contribution is 0.0523. The number of benzene rings is 3. The maximum absolute atomic E-state index is 12.8. The number of hydrogen-bond acceptors (Lipinski definition) is 8. The molecular weight excluding hydrogens is 472 g/mol. The molecule has 0 aliphatic heterocycles. The predicted octanol–water partition coefficient (Wildman–Crippen LogP) is 3.74. The Labute approximate surface area is 201 Å². The van der Waals surface area contributed by atoms with E-state index in [0.29, 0.717) is 16.8 Å². The van der Waals surface area contributed by atoms with Crippen molar-refractivity contribution in [2.24, 2.45) is 0 Å². The summed E-state index contributed by atoms with van der Waals surface area (Å²) in [5.41, 5.74) is 1.08. The average Bonchev–Trinajstić information content (AvgIpc) is 2.83. The number of esters is 1. The van der Waals surface area contributed by atoms with Crippen LogP contribution < -0.4 is 10.0 Å². The smallest absolute Gasteiger partial charge is 0.341 e. The molecule has 0 atom stereocenters. The fraction of sp³-hybridized carbons (Fsp3) is 0.0800. The number of carbonyl (C=O) groups excluding carboxylic acids is 3. The molecule has 9 nitrogen and oxygen atoms in total. The van der Waals surface area contributed by atoms with Crippen molar-refractivity contribution in [1.82, 2.24) is 0 Å². The largest absolute Gasteiger partial charge is 0.507 e. The Bertz CT molecular complexity index is 1480. The molecule has 3 aromatic rings. The number of phenols is 1. The van der Waals surface area contributed by atoms with Crippen molar-refractivity contribution >= 4 is 38.9 Å². The van der Waals surface area contributed by atoms with Gasteiger partial charge in [0.1, 0.15) is 11.3 Å². The zero-order valence-corrected chi connectivity index (χ0v) is 19.3. The molecule has 0 amide bonds. The molecule has 0 spiro atoms. The number of aromatic hydroxyl groups is 1. The molecule has 0 radical (unpaired) electrons. The van der Waals surface area contributed by atoms with Crippen LogP contribution in [-0.4, -0.2) is 37.7 Å². The van der Waals surface area contributed by atoms with Crippen molar-refractivity contribution in [3.8, 4) is 5.75 Å². The third-order valence-electron chi connectivity index (χ3n) is 5.15. The highest BCUT2D eigenvalue weighted by Gasteiger charge is 2.25. The van der Waals surface area contributed by atoms with Gasteiger partial charge in [-0.1, -0.05) is 24.3 Å². The molecule has 0 unspecified atom stereocenters. The van der Waals surface area contributed by atoms with E-state index in [2.05, 4.69) is 10.0 Å². The summed E-state index contributed by atoms with van der Waals surface area (Å²) in [7, 11) is -4.02. The Morgan fingerprint density at radius 2 is 1.60 bits per heavy atom.